The van der Waals surface area contributed by atoms with Gasteiger partial charge in [-0.25, -0.2) is 0 Å². The van der Waals surface area contributed by atoms with Gasteiger partial charge in [-0.15, -0.1) is 0 Å². The minimum atomic E-state index is -0.797. The minimum absolute atomic E-state index is 0.0942. The molecule has 0 N–H and O–H groups in total. The molecule has 0 aliphatic carbocycles. The van der Waals surface area contributed by atoms with Crippen LogP contribution in [0.15, 0.2) is 60.8 Å². The van der Waals surface area contributed by atoms with Gasteiger partial charge >= 0.3 is 17.9 Å². The van der Waals surface area contributed by atoms with E-state index < -0.39 is 6.10 Å². The molecule has 334 valence electrons. The van der Waals surface area contributed by atoms with E-state index in [9.17, 15) is 14.4 Å². The van der Waals surface area contributed by atoms with Gasteiger partial charge in [0.25, 0.3) is 0 Å². The van der Waals surface area contributed by atoms with Gasteiger partial charge in [-0.2, -0.15) is 0 Å². The summed E-state index contributed by atoms with van der Waals surface area (Å²) in [4.78, 5) is 37.8. The maximum Gasteiger partial charge on any atom is 0.306 e. The molecule has 0 spiro atoms. The van der Waals surface area contributed by atoms with E-state index in [0.29, 0.717) is 19.3 Å². The van der Waals surface area contributed by atoms with Gasteiger partial charge in [-0.1, -0.05) is 204 Å². The summed E-state index contributed by atoms with van der Waals surface area (Å²) in [5.74, 6) is -0.965. The molecular weight excluding hydrogens is 721 g/mol. The zero-order valence-electron chi connectivity index (χ0n) is 38.0. The van der Waals surface area contributed by atoms with Gasteiger partial charge in [-0.3, -0.25) is 14.4 Å². The first-order valence-corrected chi connectivity index (χ1v) is 24.3. The van der Waals surface area contributed by atoms with Crippen molar-refractivity contribution in [3.8, 4) is 0 Å². The van der Waals surface area contributed by atoms with Crippen LogP contribution in [0.2, 0.25) is 0 Å². The normalized spacial score (nSPS) is 12.5. The summed E-state index contributed by atoms with van der Waals surface area (Å²) in [6, 6.07) is 0. The summed E-state index contributed by atoms with van der Waals surface area (Å²) in [7, 11) is 0. The Morgan fingerprint density at radius 1 is 0.362 bits per heavy atom. The van der Waals surface area contributed by atoms with Crippen molar-refractivity contribution < 1.29 is 28.6 Å². The SMILES string of the molecule is CC/C=C\C/C=C\C/C=C\CCCC(=O)OCC(COC(=O)CCCCCCCCCCCCCCCCCCC)OC(=O)CCCCCCC/C=C\C/C=C\CC. The van der Waals surface area contributed by atoms with Crippen molar-refractivity contribution in [3.05, 3.63) is 60.8 Å². The summed E-state index contributed by atoms with van der Waals surface area (Å²) in [6.07, 6.45) is 56.5. The highest BCUT2D eigenvalue weighted by molar-refractivity contribution is 5.71. The van der Waals surface area contributed by atoms with Crippen LogP contribution < -0.4 is 0 Å². The summed E-state index contributed by atoms with van der Waals surface area (Å²) in [5, 5.41) is 0. The molecule has 1 unspecified atom stereocenters. The molecule has 0 amide bonds. The zero-order chi connectivity index (χ0) is 42.3. The fourth-order valence-electron chi connectivity index (χ4n) is 6.68. The van der Waals surface area contributed by atoms with Gasteiger partial charge in [0.1, 0.15) is 13.2 Å². The van der Waals surface area contributed by atoms with Crippen LogP contribution in [-0.4, -0.2) is 37.2 Å². The highest BCUT2D eigenvalue weighted by atomic mass is 16.6. The maximum absolute atomic E-state index is 12.7. The first kappa shape index (κ1) is 55.1. The maximum atomic E-state index is 12.7. The van der Waals surface area contributed by atoms with Gasteiger partial charge in [0.05, 0.1) is 0 Å². The highest BCUT2D eigenvalue weighted by Gasteiger charge is 2.19. The van der Waals surface area contributed by atoms with E-state index in [2.05, 4.69) is 81.5 Å². The average molecular weight is 811 g/mol. The Labute approximate surface area is 358 Å². The number of rotatable bonds is 43. The van der Waals surface area contributed by atoms with E-state index in [1.54, 1.807) is 0 Å². The number of ether oxygens (including phenoxy) is 3. The molecule has 0 saturated heterocycles. The van der Waals surface area contributed by atoms with Gasteiger partial charge in [0, 0.05) is 19.3 Å². The number of unbranched alkanes of at least 4 members (excludes halogenated alkanes) is 22. The lowest BCUT2D eigenvalue weighted by molar-refractivity contribution is -0.167. The van der Waals surface area contributed by atoms with E-state index in [-0.39, 0.29) is 37.5 Å². The molecule has 0 bridgehead atoms. The molecule has 0 fully saturated rings. The standard InChI is InChI=1S/C52H90O6/c1-4-7-10-13-16-19-22-24-25-26-27-28-31-33-36-39-42-45-51(54)57-48-49(47-56-50(53)44-41-38-35-32-29-21-18-15-12-9-6-3)58-52(55)46-43-40-37-34-30-23-20-17-14-11-8-5-2/h8-9,11-12,17-18,20-21,32,35,49H,4-7,10,13-16,19,22-31,33-34,36-48H2,1-3H3/b11-8-,12-9-,20-17-,21-18-,35-32-. The third-order valence-electron chi connectivity index (χ3n) is 10.3. The van der Waals surface area contributed by atoms with Crippen LogP contribution in [0.25, 0.3) is 0 Å². The van der Waals surface area contributed by atoms with E-state index in [1.165, 1.54) is 89.9 Å². The van der Waals surface area contributed by atoms with Crippen molar-refractivity contribution in [1.82, 2.24) is 0 Å². The molecule has 1 atom stereocenters. The number of carbonyl (C=O) groups is 3. The summed E-state index contributed by atoms with van der Waals surface area (Å²) < 4.78 is 16.7. The largest absolute Gasteiger partial charge is 0.462 e. The second kappa shape index (κ2) is 46.8. The van der Waals surface area contributed by atoms with Gasteiger partial charge < -0.3 is 14.2 Å². The Kier molecular flexibility index (Phi) is 44.5. The molecular formula is C52H90O6. The van der Waals surface area contributed by atoms with Crippen LogP contribution in [0.5, 0.6) is 0 Å². The predicted molar refractivity (Wildman–Crippen MR) is 247 cm³/mol. The Balaban J connectivity index is 4.37. The number of allylic oxidation sites excluding steroid dienone is 10. The van der Waals surface area contributed by atoms with Crippen LogP contribution in [0.4, 0.5) is 0 Å². The first-order chi connectivity index (χ1) is 28.5. The van der Waals surface area contributed by atoms with E-state index in [4.69, 9.17) is 14.2 Å². The molecule has 0 aromatic rings. The van der Waals surface area contributed by atoms with E-state index in [1.807, 2.05) is 0 Å². The molecule has 0 radical (unpaired) electrons. The third-order valence-corrected chi connectivity index (χ3v) is 10.3. The van der Waals surface area contributed by atoms with Crippen molar-refractivity contribution in [2.24, 2.45) is 0 Å². The molecule has 0 aliphatic rings. The van der Waals surface area contributed by atoms with Crippen molar-refractivity contribution >= 4 is 17.9 Å². The van der Waals surface area contributed by atoms with Crippen LogP contribution in [-0.2, 0) is 28.6 Å². The first-order valence-electron chi connectivity index (χ1n) is 24.3. The Morgan fingerprint density at radius 3 is 1.12 bits per heavy atom. The van der Waals surface area contributed by atoms with Crippen LogP contribution in [0, 0.1) is 0 Å². The van der Waals surface area contributed by atoms with Crippen molar-refractivity contribution in [3.63, 3.8) is 0 Å². The molecule has 58 heavy (non-hydrogen) atoms. The average Bonchev–Trinajstić information content (AvgIpc) is 3.22. The lowest BCUT2D eigenvalue weighted by Gasteiger charge is -2.18. The summed E-state index contributed by atoms with van der Waals surface area (Å²) in [5.41, 5.74) is 0. The quantitative estimate of drug-likeness (QED) is 0.0264. The Morgan fingerprint density at radius 2 is 0.690 bits per heavy atom. The minimum Gasteiger partial charge on any atom is -0.462 e. The number of hydrogen-bond acceptors (Lipinski definition) is 6. The van der Waals surface area contributed by atoms with Gasteiger partial charge in [0.15, 0.2) is 6.10 Å². The Hall–Kier alpha value is -2.89. The second-order valence-corrected chi connectivity index (χ2v) is 16.0. The smallest absolute Gasteiger partial charge is 0.306 e. The molecule has 6 nitrogen and oxygen atoms in total. The van der Waals surface area contributed by atoms with Crippen molar-refractivity contribution in [2.45, 2.75) is 239 Å². The molecule has 0 rings (SSSR count). The summed E-state index contributed by atoms with van der Waals surface area (Å²) >= 11 is 0. The zero-order valence-corrected chi connectivity index (χ0v) is 38.0. The van der Waals surface area contributed by atoms with Crippen molar-refractivity contribution in [2.75, 3.05) is 13.2 Å². The molecule has 0 saturated carbocycles. The topological polar surface area (TPSA) is 78.9 Å². The monoisotopic (exact) mass is 811 g/mol. The van der Waals surface area contributed by atoms with Gasteiger partial charge in [-0.05, 0) is 70.6 Å². The highest BCUT2D eigenvalue weighted by Crippen LogP contribution is 2.15. The van der Waals surface area contributed by atoms with E-state index in [0.717, 1.165) is 96.3 Å². The fourth-order valence-corrected chi connectivity index (χ4v) is 6.68. The van der Waals surface area contributed by atoms with Crippen molar-refractivity contribution in [1.29, 1.82) is 0 Å². The predicted octanol–water partition coefficient (Wildman–Crippen LogP) is 15.7. The number of carbonyl (C=O) groups excluding carboxylic acids is 3. The second-order valence-electron chi connectivity index (χ2n) is 16.0. The molecule has 6 heteroatoms. The fraction of sp³-hybridized carbons (Fsp3) is 0.750. The Bertz CT molecular complexity index is 1070. The molecule has 0 aromatic carbocycles. The molecule has 0 aliphatic heterocycles. The van der Waals surface area contributed by atoms with Crippen LogP contribution in [0.3, 0.4) is 0 Å². The number of esters is 3. The summed E-state index contributed by atoms with van der Waals surface area (Å²) in [6.45, 7) is 6.35. The van der Waals surface area contributed by atoms with Crippen LogP contribution in [0.1, 0.15) is 233 Å². The third kappa shape index (κ3) is 44.2. The molecule has 0 heterocycles. The molecule has 0 aromatic heterocycles. The van der Waals surface area contributed by atoms with E-state index >= 15 is 0 Å². The van der Waals surface area contributed by atoms with Crippen LogP contribution >= 0.6 is 0 Å². The number of hydrogen-bond donors (Lipinski definition) is 0. The lowest BCUT2D eigenvalue weighted by Crippen LogP contribution is -2.30. The van der Waals surface area contributed by atoms with Gasteiger partial charge in [0.2, 0.25) is 0 Å². The lowest BCUT2D eigenvalue weighted by atomic mass is 10.0.